The Labute approximate surface area is 108 Å². The fourth-order valence-corrected chi connectivity index (χ4v) is 2.43. The number of phenols is 1. The van der Waals surface area contributed by atoms with Crippen molar-refractivity contribution >= 4 is 33.2 Å². The summed E-state index contributed by atoms with van der Waals surface area (Å²) in [5, 5.41) is 18.1. The second kappa shape index (κ2) is 4.72. The zero-order valence-electron chi connectivity index (χ0n) is 8.25. The van der Waals surface area contributed by atoms with Crippen molar-refractivity contribution in [3.8, 4) is 16.7 Å². The molecule has 88 valence electrons. The normalized spacial score (nSPS) is 10.2. The zero-order valence-corrected chi connectivity index (χ0v) is 10.7. The molecule has 5 nitrogen and oxygen atoms in total. The SMILES string of the molecule is O=C(O)c1sc(Oc2ccc(O)cc2)nc1Br. The molecule has 0 aliphatic heterocycles. The number of aromatic nitrogens is 1. The number of hydrogen-bond donors (Lipinski definition) is 2. The third-order valence-electron chi connectivity index (χ3n) is 1.80. The number of phenolic OH excluding ortho intramolecular Hbond substituents is 1. The maximum absolute atomic E-state index is 10.8. The molecular formula is C10H6BrNO4S. The van der Waals surface area contributed by atoms with Crippen LogP contribution in [-0.4, -0.2) is 21.2 Å². The van der Waals surface area contributed by atoms with Gasteiger partial charge in [0.1, 0.15) is 21.0 Å². The van der Waals surface area contributed by atoms with E-state index in [9.17, 15) is 4.79 Å². The second-order valence-electron chi connectivity index (χ2n) is 3.00. The molecule has 7 heteroatoms. The van der Waals surface area contributed by atoms with E-state index in [4.69, 9.17) is 14.9 Å². The molecule has 0 saturated carbocycles. The molecule has 0 aliphatic carbocycles. The number of ether oxygens (including phenoxy) is 1. The van der Waals surface area contributed by atoms with Gasteiger partial charge >= 0.3 is 5.97 Å². The Morgan fingerprint density at radius 2 is 2.00 bits per heavy atom. The van der Waals surface area contributed by atoms with E-state index in [2.05, 4.69) is 20.9 Å². The molecular weight excluding hydrogens is 310 g/mol. The van der Waals surface area contributed by atoms with Crippen molar-refractivity contribution in [1.29, 1.82) is 0 Å². The molecule has 2 N–H and O–H groups in total. The lowest BCUT2D eigenvalue weighted by atomic mass is 10.3. The first kappa shape index (κ1) is 11.9. The number of benzene rings is 1. The van der Waals surface area contributed by atoms with Crippen LogP contribution in [0.1, 0.15) is 9.67 Å². The van der Waals surface area contributed by atoms with Gasteiger partial charge in [-0.1, -0.05) is 11.3 Å². The summed E-state index contributed by atoms with van der Waals surface area (Å²) in [4.78, 5) is 14.8. The van der Waals surface area contributed by atoms with Crippen molar-refractivity contribution in [2.75, 3.05) is 0 Å². The third kappa shape index (κ3) is 2.75. The summed E-state index contributed by atoms with van der Waals surface area (Å²) in [7, 11) is 0. The van der Waals surface area contributed by atoms with E-state index < -0.39 is 5.97 Å². The third-order valence-corrected chi connectivity index (χ3v) is 3.56. The van der Waals surface area contributed by atoms with E-state index in [0.29, 0.717) is 5.75 Å². The monoisotopic (exact) mass is 315 g/mol. The number of aromatic carboxylic acids is 1. The van der Waals surface area contributed by atoms with Crippen molar-refractivity contribution in [3.05, 3.63) is 33.7 Å². The number of carboxylic acids is 1. The highest BCUT2D eigenvalue weighted by Gasteiger charge is 2.16. The molecule has 1 aromatic heterocycles. The Hall–Kier alpha value is -1.60. The molecule has 2 aromatic rings. The fraction of sp³-hybridized carbons (Fsp3) is 0. The van der Waals surface area contributed by atoms with Crippen LogP contribution in [-0.2, 0) is 0 Å². The van der Waals surface area contributed by atoms with Crippen LogP contribution in [0.2, 0.25) is 0 Å². The first-order valence-corrected chi connectivity index (χ1v) is 6.03. The molecule has 0 radical (unpaired) electrons. The van der Waals surface area contributed by atoms with Crippen LogP contribution in [0.4, 0.5) is 0 Å². The smallest absolute Gasteiger partial charge is 0.348 e. The lowest BCUT2D eigenvalue weighted by molar-refractivity contribution is 0.0701. The van der Waals surface area contributed by atoms with Gasteiger partial charge in [0.15, 0.2) is 0 Å². The Balaban J connectivity index is 2.22. The molecule has 2 rings (SSSR count). The zero-order chi connectivity index (χ0) is 12.4. The van der Waals surface area contributed by atoms with Crippen molar-refractivity contribution in [2.45, 2.75) is 0 Å². The first-order valence-electron chi connectivity index (χ1n) is 4.43. The van der Waals surface area contributed by atoms with E-state index >= 15 is 0 Å². The molecule has 0 spiro atoms. The predicted molar refractivity (Wildman–Crippen MR) is 65.0 cm³/mol. The van der Waals surface area contributed by atoms with Gasteiger partial charge < -0.3 is 14.9 Å². The van der Waals surface area contributed by atoms with Gasteiger partial charge in [0.05, 0.1) is 0 Å². The van der Waals surface area contributed by atoms with E-state index in [1.54, 1.807) is 12.1 Å². The van der Waals surface area contributed by atoms with Gasteiger partial charge in [-0.3, -0.25) is 0 Å². The van der Waals surface area contributed by atoms with E-state index in [1.165, 1.54) is 12.1 Å². The maximum atomic E-state index is 10.8. The molecule has 17 heavy (non-hydrogen) atoms. The molecule has 0 amide bonds. The molecule has 0 saturated heterocycles. The summed E-state index contributed by atoms with van der Waals surface area (Å²) in [6.07, 6.45) is 0. The minimum Gasteiger partial charge on any atom is -0.508 e. The lowest BCUT2D eigenvalue weighted by Crippen LogP contribution is -1.91. The number of hydrogen-bond acceptors (Lipinski definition) is 5. The summed E-state index contributed by atoms with van der Waals surface area (Å²) in [6, 6.07) is 6.06. The summed E-state index contributed by atoms with van der Waals surface area (Å²) in [5.74, 6) is -0.459. The molecule has 0 atom stereocenters. The number of carbonyl (C=O) groups is 1. The average molecular weight is 316 g/mol. The summed E-state index contributed by atoms with van der Waals surface area (Å²) in [5.41, 5.74) is 0. The van der Waals surface area contributed by atoms with Crippen molar-refractivity contribution in [3.63, 3.8) is 0 Å². The van der Waals surface area contributed by atoms with Crippen molar-refractivity contribution < 1.29 is 19.7 Å². The predicted octanol–water partition coefficient (Wildman–Crippen LogP) is 3.10. The maximum Gasteiger partial charge on any atom is 0.348 e. The van der Waals surface area contributed by atoms with Gasteiger partial charge in [0.2, 0.25) is 0 Å². The highest BCUT2D eigenvalue weighted by atomic mass is 79.9. The van der Waals surface area contributed by atoms with E-state index in [0.717, 1.165) is 11.3 Å². The van der Waals surface area contributed by atoms with Gasteiger partial charge in [-0.25, -0.2) is 4.79 Å². The minimum absolute atomic E-state index is 0.0822. The number of carboxylic acid groups (broad SMARTS) is 1. The number of nitrogens with zero attached hydrogens (tertiary/aromatic N) is 1. The highest BCUT2D eigenvalue weighted by molar-refractivity contribution is 9.10. The van der Waals surface area contributed by atoms with Gasteiger partial charge in [-0.05, 0) is 40.2 Å². The Bertz CT molecular complexity index is 552. The van der Waals surface area contributed by atoms with Crippen LogP contribution in [0.25, 0.3) is 0 Å². The lowest BCUT2D eigenvalue weighted by Gasteiger charge is -2.00. The van der Waals surface area contributed by atoms with E-state index in [-0.39, 0.29) is 20.4 Å². The van der Waals surface area contributed by atoms with Gasteiger partial charge in [0.25, 0.3) is 5.19 Å². The largest absolute Gasteiger partial charge is 0.508 e. The van der Waals surface area contributed by atoms with Crippen LogP contribution in [0, 0.1) is 0 Å². The minimum atomic E-state index is -1.06. The van der Waals surface area contributed by atoms with Crippen LogP contribution >= 0.6 is 27.3 Å². The quantitative estimate of drug-likeness (QED) is 0.909. The van der Waals surface area contributed by atoms with Crippen LogP contribution < -0.4 is 4.74 Å². The fourth-order valence-electron chi connectivity index (χ4n) is 1.07. The number of thiazole rings is 1. The summed E-state index contributed by atoms with van der Waals surface area (Å²) in [6.45, 7) is 0. The van der Waals surface area contributed by atoms with Gasteiger partial charge in [-0.15, -0.1) is 0 Å². The Kier molecular flexibility index (Phi) is 3.30. The molecule has 1 heterocycles. The second-order valence-corrected chi connectivity index (χ2v) is 4.71. The van der Waals surface area contributed by atoms with Crippen LogP contribution in [0.3, 0.4) is 0 Å². The van der Waals surface area contributed by atoms with Gasteiger partial charge in [0, 0.05) is 0 Å². The molecule has 0 aliphatic rings. The average Bonchev–Trinajstić information content (AvgIpc) is 2.63. The molecule has 1 aromatic carbocycles. The van der Waals surface area contributed by atoms with E-state index in [1.807, 2.05) is 0 Å². The molecule has 0 bridgehead atoms. The number of rotatable bonds is 3. The summed E-state index contributed by atoms with van der Waals surface area (Å²) < 4.78 is 5.59. The van der Waals surface area contributed by atoms with Crippen LogP contribution in [0.5, 0.6) is 16.7 Å². The summed E-state index contributed by atoms with van der Waals surface area (Å²) >= 11 is 3.97. The molecule has 0 fully saturated rings. The topological polar surface area (TPSA) is 79.7 Å². The Morgan fingerprint density at radius 1 is 1.35 bits per heavy atom. The van der Waals surface area contributed by atoms with Gasteiger partial charge in [-0.2, -0.15) is 4.98 Å². The standard InChI is InChI=1S/C10H6BrNO4S/c11-8-7(9(14)15)17-10(12-8)16-6-3-1-5(13)2-4-6/h1-4,13H,(H,14,15). The first-order chi connectivity index (χ1) is 8.06. The number of aromatic hydroxyl groups is 1. The van der Waals surface area contributed by atoms with Crippen LogP contribution in [0.15, 0.2) is 28.9 Å². The number of halogens is 1. The Morgan fingerprint density at radius 3 is 2.53 bits per heavy atom. The molecule has 0 unspecified atom stereocenters. The van der Waals surface area contributed by atoms with Crippen molar-refractivity contribution in [2.24, 2.45) is 0 Å². The van der Waals surface area contributed by atoms with Crippen molar-refractivity contribution in [1.82, 2.24) is 4.98 Å². The highest BCUT2D eigenvalue weighted by Crippen LogP contribution is 2.32.